The first-order valence-corrected chi connectivity index (χ1v) is 11.3. The van der Waals surface area contributed by atoms with Crippen LogP contribution in [0.5, 0.6) is 0 Å². The molecule has 1 amide bonds. The maximum Gasteiger partial charge on any atom is 0.237 e. The third-order valence-corrected chi connectivity index (χ3v) is 6.03. The Morgan fingerprint density at radius 3 is 2.94 bits per heavy atom. The number of thioether (sulfide) groups is 1. The predicted molar refractivity (Wildman–Crippen MR) is 120 cm³/mol. The minimum atomic E-state index is 0.0330. The predicted octanol–water partition coefficient (Wildman–Crippen LogP) is 4.70. The topological polar surface area (TPSA) is 77.0 Å². The molecule has 160 valence electrons. The third kappa shape index (κ3) is 5.14. The van der Waals surface area contributed by atoms with Crippen LogP contribution in [0.3, 0.4) is 0 Å². The Morgan fingerprint density at radius 2 is 2.23 bits per heavy atom. The monoisotopic (exact) mass is 435 g/mol. The van der Waals surface area contributed by atoms with Crippen LogP contribution in [-0.2, 0) is 17.9 Å². The van der Waals surface area contributed by atoms with Gasteiger partial charge in [-0.25, -0.2) is 0 Å². The Labute approximate surface area is 185 Å². The van der Waals surface area contributed by atoms with Crippen molar-refractivity contribution < 1.29 is 9.21 Å². The third-order valence-electron chi connectivity index (χ3n) is 5.08. The number of amides is 1. The second kappa shape index (κ2) is 10.3. The highest BCUT2D eigenvalue weighted by molar-refractivity contribution is 7.99. The maximum absolute atomic E-state index is 13.2. The fourth-order valence-electron chi connectivity index (χ4n) is 3.58. The summed E-state index contributed by atoms with van der Waals surface area (Å²) in [5.74, 6) is 1.79. The van der Waals surface area contributed by atoms with Gasteiger partial charge in [0.15, 0.2) is 11.0 Å². The zero-order valence-electron chi connectivity index (χ0n) is 17.3. The van der Waals surface area contributed by atoms with Crippen LogP contribution in [0.2, 0.25) is 0 Å². The first kappa shape index (κ1) is 21.1. The van der Waals surface area contributed by atoms with Crippen molar-refractivity contribution in [2.24, 2.45) is 0 Å². The summed E-state index contributed by atoms with van der Waals surface area (Å²) in [7, 11) is 0. The number of aromatic nitrogens is 4. The summed E-state index contributed by atoms with van der Waals surface area (Å²) < 4.78 is 7.46. The lowest BCUT2D eigenvalue weighted by Crippen LogP contribution is -2.32. The molecule has 0 N–H and O–H groups in total. The quantitative estimate of drug-likeness (QED) is 0.358. The number of hydrogen-bond donors (Lipinski definition) is 0. The number of pyridine rings is 1. The van der Waals surface area contributed by atoms with Gasteiger partial charge in [0.25, 0.3) is 0 Å². The van der Waals surface area contributed by atoms with E-state index in [-0.39, 0.29) is 11.7 Å². The van der Waals surface area contributed by atoms with Crippen molar-refractivity contribution in [2.75, 3.05) is 5.75 Å². The van der Waals surface area contributed by atoms with Crippen molar-refractivity contribution in [1.82, 2.24) is 24.6 Å². The lowest BCUT2D eigenvalue weighted by atomic mass is 10.0. The molecule has 31 heavy (non-hydrogen) atoms. The van der Waals surface area contributed by atoms with Gasteiger partial charge in [-0.15, -0.1) is 16.8 Å². The number of carbonyl (C=O) groups excluding carboxylic acids is 1. The fraction of sp³-hybridized carbons (Fsp3) is 0.304. The van der Waals surface area contributed by atoms with Crippen molar-refractivity contribution in [3.8, 4) is 11.4 Å². The molecule has 1 aliphatic rings. The standard InChI is InChI=1S/C23H25N5O2S/c1-2-13-27-22(18-8-6-12-24-15-18)25-26-23(27)31-17-21(29)28(16-20-11-7-14-30-20)19-9-4-3-5-10-19/h2,6-9,11-12,14-15H,1,3-5,10,13,16-17H2. The van der Waals surface area contributed by atoms with Gasteiger partial charge in [-0.2, -0.15) is 0 Å². The van der Waals surface area contributed by atoms with E-state index < -0.39 is 0 Å². The highest BCUT2D eigenvalue weighted by Gasteiger charge is 2.22. The van der Waals surface area contributed by atoms with E-state index in [0.29, 0.717) is 24.1 Å². The van der Waals surface area contributed by atoms with E-state index >= 15 is 0 Å². The minimum Gasteiger partial charge on any atom is -0.467 e. The van der Waals surface area contributed by atoms with Crippen molar-refractivity contribution >= 4 is 17.7 Å². The summed E-state index contributed by atoms with van der Waals surface area (Å²) in [5, 5.41) is 9.34. The molecule has 0 aliphatic heterocycles. The van der Waals surface area contributed by atoms with Gasteiger partial charge >= 0.3 is 0 Å². The van der Waals surface area contributed by atoms with Gasteiger partial charge in [0.05, 0.1) is 18.6 Å². The van der Waals surface area contributed by atoms with E-state index in [0.717, 1.165) is 36.3 Å². The zero-order chi connectivity index (χ0) is 21.5. The number of nitrogens with zero attached hydrogens (tertiary/aromatic N) is 5. The summed E-state index contributed by atoms with van der Waals surface area (Å²) in [5.41, 5.74) is 1.96. The van der Waals surface area contributed by atoms with E-state index in [2.05, 4.69) is 27.8 Å². The Morgan fingerprint density at radius 1 is 1.29 bits per heavy atom. The number of carbonyl (C=O) groups is 1. The van der Waals surface area contributed by atoms with Crippen LogP contribution in [0, 0.1) is 0 Å². The van der Waals surface area contributed by atoms with Gasteiger partial charge in [-0.3, -0.25) is 14.3 Å². The molecule has 4 rings (SSSR count). The Balaban J connectivity index is 1.51. The number of furan rings is 1. The van der Waals surface area contributed by atoms with Crippen LogP contribution in [0.15, 0.2) is 76.9 Å². The van der Waals surface area contributed by atoms with E-state index in [1.54, 1.807) is 24.7 Å². The summed E-state index contributed by atoms with van der Waals surface area (Å²) in [4.78, 5) is 19.2. The van der Waals surface area contributed by atoms with Crippen molar-refractivity contribution in [3.05, 3.63) is 73.1 Å². The van der Waals surface area contributed by atoms with Crippen LogP contribution >= 0.6 is 11.8 Å². The molecule has 1 aliphatic carbocycles. The first-order valence-electron chi connectivity index (χ1n) is 10.4. The molecule has 0 saturated carbocycles. The van der Waals surface area contributed by atoms with Crippen LogP contribution in [0.4, 0.5) is 0 Å². The van der Waals surface area contributed by atoms with Crippen LogP contribution < -0.4 is 0 Å². The summed E-state index contributed by atoms with van der Waals surface area (Å²) >= 11 is 1.39. The molecule has 0 fully saturated rings. The van der Waals surface area contributed by atoms with E-state index in [1.807, 2.05) is 33.7 Å². The average Bonchev–Trinajstić information content (AvgIpc) is 3.47. The molecule has 0 unspecified atom stereocenters. The Hall–Kier alpha value is -3.13. The fourth-order valence-corrected chi connectivity index (χ4v) is 4.40. The maximum atomic E-state index is 13.2. The molecule has 3 heterocycles. The average molecular weight is 436 g/mol. The minimum absolute atomic E-state index is 0.0330. The van der Waals surface area contributed by atoms with Crippen molar-refractivity contribution in [1.29, 1.82) is 0 Å². The zero-order valence-corrected chi connectivity index (χ0v) is 18.1. The molecule has 0 spiro atoms. The largest absolute Gasteiger partial charge is 0.467 e. The Bertz CT molecular complexity index is 1040. The highest BCUT2D eigenvalue weighted by atomic mass is 32.2. The molecule has 0 saturated heterocycles. The number of allylic oxidation sites excluding steroid dienone is 3. The van der Waals surface area contributed by atoms with Crippen molar-refractivity contribution in [3.63, 3.8) is 0 Å². The molecule has 0 atom stereocenters. The smallest absolute Gasteiger partial charge is 0.237 e. The number of rotatable bonds is 9. The first-order chi connectivity index (χ1) is 15.3. The lowest BCUT2D eigenvalue weighted by Gasteiger charge is -2.27. The second-order valence-electron chi connectivity index (χ2n) is 7.24. The van der Waals surface area contributed by atoms with Gasteiger partial charge in [-0.05, 0) is 49.9 Å². The SMILES string of the molecule is C=CCn1c(SCC(=O)N(Cc2ccco2)C2=CCCCC2)nnc1-c1cccnc1. The molecule has 3 aromatic heterocycles. The van der Waals surface area contributed by atoms with Gasteiger partial charge < -0.3 is 9.32 Å². The Kier molecular flexibility index (Phi) is 6.99. The van der Waals surface area contributed by atoms with Crippen molar-refractivity contribution in [2.45, 2.75) is 43.9 Å². The van der Waals surface area contributed by atoms with Crippen LogP contribution in [0.25, 0.3) is 11.4 Å². The molecule has 0 bridgehead atoms. The van der Waals surface area contributed by atoms with Gasteiger partial charge in [0, 0.05) is 30.2 Å². The molecular weight excluding hydrogens is 410 g/mol. The van der Waals surface area contributed by atoms with Gasteiger partial charge in [0.2, 0.25) is 5.91 Å². The molecule has 3 aromatic rings. The molecule has 0 aromatic carbocycles. The van der Waals surface area contributed by atoms with Gasteiger partial charge in [-0.1, -0.05) is 23.9 Å². The highest BCUT2D eigenvalue weighted by Crippen LogP contribution is 2.27. The summed E-state index contributed by atoms with van der Waals surface area (Å²) in [6, 6.07) is 7.55. The molecular formula is C23H25N5O2S. The molecule has 7 nitrogen and oxygen atoms in total. The molecule has 0 radical (unpaired) electrons. The van der Waals surface area contributed by atoms with E-state index in [4.69, 9.17) is 4.42 Å². The van der Waals surface area contributed by atoms with E-state index in [1.165, 1.54) is 18.2 Å². The summed E-state index contributed by atoms with van der Waals surface area (Å²) in [6.07, 6.45) is 13.3. The van der Waals surface area contributed by atoms with Gasteiger partial charge in [0.1, 0.15) is 5.76 Å². The molecule has 8 heteroatoms. The van der Waals surface area contributed by atoms with Crippen LogP contribution in [0.1, 0.15) is 31.4 Å². The second-order valence-corrected chi connectivity index (χ2v) is 8.18. The summed E-state index contributed by atoms with van der Waals surface area (Å²) in [6.45, 7) is 4.84. The van der Waals surface area contributed by atoms with Crippen LogP contribution in [-0.4, -0.2) is 36.3 Å². The van der Waals surface area contributed by atoms with E-state index in [9.17, 15) is 4.79 Å². The number of hydrogen-bond acceptors (Lipinski definition) is 6. The lowest BCUT2D eigenvalue weighted by molar-refractivity contribution is -0.127. The normalized spacial score (nSPS) is 13.6.